The highest BCUT2D eigenvalue weighted by Gasteiger charge is 2.50. The maximum atomic E-state index is 13.0. The Morgan fingerprint density at radius 3 is 2.34 bits per heavy atom. The molecule has 5 aliphatic rings. The first-order valence-electron chi connectivity index (χ1n) is 22.1. The summed E-state index contributed by atoms with van der Waals surface area (Å²) in [5.41, 5.74) is 1.69. The van der Waals surface area contributed by atoms with Gasteiger partial charge in [-0.1, -0.05) is 19.4 Å². The van der Waals surface area contributed by atoms with Crippen molar-refractivity contribution in [3.63, 3.8) is 0 Å². The topological polar surface area (TPSA) is 319 Å². The number of aromatic hydroxyl groups is 1. The lowest BCUT2D eigenvalue weighted by molar-refractivity contribution is -0.317. The molecule has 0 aromatic heterocycles. The Labute approximate surface area is 389 Å². The number of anilines is 1. The average molecular weight is 956 g/mol. The van der Waals surface area contributed by atoms with Crippen molar-refractivity contribution in [2.45, 2.75) is 125 Å². The van der Waals surface area contributed by atoms with Crippen molar-refractivity contribution < 1.29 is 78.9 Å². The number of carbonyl (C=O) groups is 2. The van der Waals surface area contributed by atoms with Crippen molar-refractivity contribution in [1.82, 2.24) is 10.6 Å². The highest BCUT2D eigenvalue weighted by molar-refractivity contribution is 7.80. The predicted octanol–water partition coefficient (Wildman–Crippen LogP) is 0.780. The molecule has 14 atom stereocenters. The molecule has 1 aliphatic carbocycles. The van der Waals surface area contributed by atoms with Crippen molar-refractivity contribution in [2.75, 3.05) is 25.1 Å². The molecule has 3 saturated heterocycles. The molecule has 0 bridgehead atoms. The number of benzene rings is 3. The fourth-order valence-electron chi connectivity index (χ4n) is 8.98. The van der Waals surface area contributed by atoms with E-state index in [9.17, 15) is 60.3 Å². The number of phenols is 1. The number of thiocarbonyl (C=S) groups is 1. The normalized spacial score (nSPS) is 31.1. The van der Waals surface area contributed by atoms with Crippen LogP contribution in [0.5, 0.6) is 5.75 Å². The van der Waals surface area contributed by atoms with E-state index < -0.39 is 104 Å². The number of aliphatic hydroxyl groups is 7. The summed E-state index contributed by atoms with van der Waals surface area (Å²) in [6, 6.07) is 12.3. The molecule has 364 valence electrons. The van der Waals surface area contributed by atoms with E-state index in [4.69, 9.17) is 35.6 Å². The van der Waals surface area contributed by atoms with Gasteiger partial charge in [-0.05, 0) is 73.9 Å². The van der Waals surface area contributed by atoms with E-state index in [-0.39, 0.29) is 52.6 Å². The van der Waals surface area contributed by atoms with Gasteiger partial charge >= 0.3 is 5.97 Å². The van der Waals surface area contributed by atoms with Gasteiger partial charge in [-0.2, -0.15) is 0 Å². The van der Waals surface area contributed by atoms with Crippen LogP contribution in [0, 0.1) is 5.92 Å². The Morgan fingerprint density at radius 2 is 1.60 bits per heavy atom. The molecule has 0 saturated carbocycles. The van der Waals surface area contributed by atoms with Crippen LogP contribution in [0.15, 0.2) is 63.8 Å². The number of hydrogen-bond donors (Lipinski definition) is 12. The monoisotopic (exact) mass is 955 g/mol. The lowest BCUT2D eigenvalue weighted by Crippen LogP contribution is -2.65. The third-order valence-electron chi connectivity index (χ3n) is 12.7. The zero-order valence-corrected chi connectivity index (χ0v) is 37.5. The molecule has 21 heteroatoms. The van der Waals surface area contributed by atoms with Crippen LogP contribution in [0.2, 0.25) is 0 Å². The molecule has 2 aromatic rings. The molecule has 67 heavy (non-hydrogen) atoms. The summed E-state index contributed by atoms with van der Waals surface area (Å²) in [6.07, 6.45) is -12.7. The van der Waals surface area contributed by atoms with Crippen LogP contribution in [-0.2, 0) is 23.7 Å². The number of ether oxygens (including phenoxy) is 4. The van der Waals surface area contributed by atoms with E-state index in [1.54, 1.807) is 38.1 Å². The molecule has 20 nitrogen and oxygen atoms in total. The van der Waals surface area contributed by atoms with E-state index in [1.807, 2.05) is 0 Å². The second-order valence-electron chi connectivity index (χ2n) is 17.4. The number of amides is 1. The Morgan fingerprint density at radius 1 is 0.836 bits per heavy atom. The summed E-state index contributed by atoms with van der Waals surface area (Å²) in [5, 5.41) is 104. The highest BCUT2D eigenvalue weighted by atomic mass is 32.1. The number of rotatable bonds is 15. The van der Waals surface area contributed by atoms with Crippen LogP contribution in [0.1, 0.15) is 56.3 Å². The molecule has 7 rings (SSSR count). The van der Waals surface area contributed by atoms with Crippen LogP contribution >= 0.6 is 12.2 Å². The zero-order chi connectivity index (χ0) is 48.3. The minimum absolute atomic E-state index is 0.000487. The largest absolute Gasteiger partial charge is 0.508 e. The molecular weight excluding hydrogens is 899 g/mol. The minimum Gasteiger partial charge on any atom is -0.508 e. The van der Waals surface area contributed by atoms with Gasteiger partial charge in [0.05, 0.1) is 49.2 Å². The fraction of sp³-hybridized carbons (Fsp3) is 0.522. The van der Waals surface area contributed by atoms with Gasteiger partial charge in [0.15, 0.2) is 16.8 Å². The summed E-state index contributed by atoms with van der Waals surface area (Å²) in [4.78, 5) is 37.7. The molecule has 1 amide bonds. The average Bonchev–Trinajstić information content (AvgIpc) is 3.29. The smallest absolute Gasteiger partial charge is 0.336 e. The maximum absolute atomic E-state index is 13.0. The Balaban J connectivity index is 0.857. The van der Waals surface area contributed by atoms with Crippen LogP contribution in [0.25, 0.3) is 33.4 Å². The Hall–Kier alpha value is -4.88. The van der Waals surface area contributed by atoms with E-state index in [2.05, 4.69) is 16.0 Å². The van der Waals surface area contributed by atoms with E-state index >= 15 is 0 Å². The van der Waals surface area contributed by atoms with Gasteiger partial charge in [0.2, 0.25) is 5.91 Å². The van der Waals surface area contributed by atoms with Crippen molar-refractivity contribution in [1.29, 1.82) is 0 Å². The lowest BCUT2D eigenvalue weighted by atomic mass is 9.83. The second-order valence-corrected chi connectivity index (χ2v) is 17.8. The van der Waals surface area contributed by atoms with Crippen molar-refractivity contribution in [3.8, 4) is 28.2 Å². The van der Waals surface area contributed by atoms with Gasteiger partial charge < -0.3 is 85.3 Å². The molecular formula is C46H57N3O17S. The van der Waals surface area contributed by atoms with Gasteiger partial charge in [-0.15, -0.1) is 0 Å². The number of carboxylic acid groups (broad SMARTS) is 1. The SMILES string of the molecule is CC1C(O)C(O[C@@H]2OC[C@@H](O)C(O)C2O)[C@@H](C)O[C@H]1C[C@@H]1O[C@H](CO)C(NC(=O)CCCCCNC(=S)Nc2ccc(-c3c4ccc(=O)cc-4oc4cc(O)ccc34)c(C(=O)O)c2)C(O)C1O. The Bertz CT molecular complexity index is 2420. The maximum Gasteiger partial charge on any atom is 0.336 e. The van der Waals surface area contributed by atoms with Crippen LogP contribution in [-0.4, -0.2) is 162 Å². The highest BCUT2D eigenvalue weighted by Crippen LogP contribution is 2.43. The summed E-state index contributed by atoms with van der Waals surface area (Å²) in [5.74, 6) is -2.09. The van der Waals surface area contributed by atoms with Crippen molar-refractivity contribution >= 4 is 45.9 Å². The van der Waals surface area contributed by atoms with Gasteiger partial charge in [0.25, 0.3) is 0 Å². The quantitative estimate of drug-likeness (QED) is 0.0445. The molecule has 3 fully saturated rings. The third kappa shape index (κ3) is 11.2. The van der Waals surface area contributed by atoms with Gasteiger partial charge in [-0.25, -0.2) is 4.79 Å². The number of aromatic carboxylic acids is 1. The summed E-state index contributed by atoms with van der Waals surface area (Å²) >= 11 is 5.46. The standard InChI is InChI=1S/C46H57N3O17S/c1-20-30(63-21(2)43(38(20)55)66-45-42(59)39(56)29(53)19-62-45)17-33-40(57)41(58)37(34(18-50)65-33)49-35(54)6-4-3-5-13-47-46(67)48-22-7-10-25(28(14-22)44(60)61)36-26-11-8-23(51)15-31(26)64-32-16-24(52)9-12-27(32)36/h7-12,14-16,20-21,29-30,33-34,37-43,45,50-51,53,55-59H,3-6,13,17-19H2,1-2H3,(H,49,54)(H,60,61)(H2,47,48,67)/t20?,21-,29-,30+,33+,34-,37?,38?,39?,40?,41?,42?,43?,45+/m1/s1. The molecule has 4 aliphatic heterocycles. The summed E-state index contributed by atoms with van der Waals surface area (Å²) in [6.45, 7) is 2.87. The molecule has 2 aromatic carbocycles. The lowest BCUT2D eigenvalue weighted by Gasteiger charge is -2.48. The van der Waals surface area contributed by atoms with Crippen molar-refractivity contribution in [2.24, 2.45) is 5.92 Å². The number of phenolic OH excluding ortho intramolecular Hbond substituents is 1. The number of carbonyl (C=O) groups excluding carboxylic acids is 1. The van der Waals surface area contributed by atoms with Crippen LogP contribution in [0.3, 0.4) is 0 Å². The third-order valence-corrected chi connectivity index (χ3v) is 12.9. The molecule has 8 unspecified atom stereocenters. The first-order chi connectivity index (χ1) is 31.9. The number of unbranched alkanes of at least 4 members (excludes halogenated alkanes) is 2. The van der Waals surface area contributed by atoms with Crippen LogP contribution in [0.4, 0.5) is 5.69 Å². The Kier molecular flexibility index (Phi) is 16.1. The van der Waals surface area contributed by atoms with Gasteiger partial charge in [0.1, 0.15) is 59.8 Å². The number of carboxylic acids is 1. The molecule has 4 heterocycles. The molecule has 0 radical (unpaired) electrons. The molecule has 0 spiro atoms. The van der Waals surface area contributed by atoms with E-state index in [1.165, 1.54) is 30.3 Å². The first kappa shape index (κ1) is 50.0. The fourth-order valence-corrected chi connectivity index (χ4v) is 9.20. The summed E-state index contributed by atoms with van der Waals surface area (Å²) < 4.78 is 29.1. The van der Waals surface area contributed by atoms with Gasteiger partial charge in [-0.3, -0.25) is 9.59 Å². The van der Waals surface area contributed by atoms with E-state index in [0.29, 0.717) is 53.6 Å². The minimum atomic E-state index is -1.57. The molecule has 12 N–H and O–H groups in total. The second kappa shape index (κ2) is 21.6. The zero-order valence-electron chi connectivity index (χ0n) is 36.6. The van der Waals surface area contributed by atoms with E-state index in [0.717, 1.165) is 0 Å². The van der Waals surface area contributed by atoms with Crippen molar-refractivity contribution in [3.05, 3.63) is 70.4 Å². The number of aliphatic hydroxyl groups excluding tert-OH is 7. The first-order valence-corrected chi connectivity index (χ1v) is 22.5. The number of hydrogen-bond acceptors (Lipinski definition) is 17. The number of nitrogens with one attached hydrogen (secondary N) is 3. The predicted molar refractivity (Wildman–Crippen MR) is 242 cm³/mol. The summed E-state index contributed by atoms with van der Waals surface area (Å²) in [7, 11) is 0. The van der Waals surface area contributed by atoms with Gasteiger partial charge in [0, 0.05) is 59.6 Å². The van der Waals surface area contributed by atoms with Crippen LogP contribution < -0.4 is 21.4 Å². The number of fused-ring (bicyclic) bond motifs is 2.